The zero-order chi connectivity index (χ0) is 18.2. The molecule has 0 saturated heterocycles. The number of unbranched alkanes of at least 4 members (excludes halogenated alkanes) is 9. The van der Waals surface area contributed by atoms with Gasteiger partial charge >= 0.3 is 5.97 Å². The van der Waals surface area contributed by atoms with Crippen LogP contribution in [0.15, 0.2) is 0 Å². The van der Waals surface area contributed by atoms with Gasteiger partial charge in [-0.2, -0.15) is 0 Å². The molecule has 0 aromatic rings. The van der Waals surface area contributed by atoms with Crippen LogP contribution in [0.1, 0.15) is 96.8 Å². The molecule has 0 spiro atoms. The molecule has 0 radical (unpaired) electrons. The van der Waals surface area contributed by atoms with E-state index in [1.807, 2.05) is 0 Å². The number of hydrogen-bond donors (Lipinski definition) is 2. The summed E-state index contributed by atoms with van der Waals surface area (Å²) in [4.78, 5) is 21.1. The number of aliphatic hydroxyl groups excluding tert-OH is 1. The summed E-state index contributed by atoms with van der Waals surface area (Å²) in [6, 6.07) is -0.821. The molecule has 24 heavy (non-hydrogen) atoms. The minimum atomic E-state index is -0.821. The predicted molar refractivity (Wildman–Crippen MR) is 94.7 cm³/mol. The van der Waals surface area contributed by atoms with Crippen molar-refractivity contribution in [2.24, 2.45) is 0 Å². The highest BCUT2D eigenvalue weighted by Gasteiger charge is 2.28. The Morgan fingerprint density at radius 3 is 1.92 bits per heavy atom. The van der Waals surface area contributed by atoms with Gasteiger partial charge in [-0.3, -0.25) is 14.9 Å². The lowest BCUT2D eigenvalue weighted by Gasteiger charge is -2.15. The molecule has 0 amide bonds. The molecule has 6 nitrogen and oxygen atoms in total. The molecule has 0 aromatic carbocycles. The summed E-state index contributed by atoms with van der Waals surface area (Å²) < 4.78 is 0. The smallest absolute Gasteiger partial charge is 0.303 e. The third-order valence-electron chi connectivity index (χ3n) is 4.46. The van der Waals surface area contributed by atoms with Crippen molar-refractivity contribution < 1.29 is 19.9 Å². The van der Waals surface area contributed by atoms with Crippen LogP contribution in [0.2, 0.25) is 0 Å². The van der Waals surface area contributed by atoms with E-state index in [4.69, 9.17) is 5.11 Å². The van der Waals surface area contributed by atoms with Crippen LogP contribution in [0.5, 0.6) is 0 Å². The molecule has 0 bridgehead atoms. The Morgan fingerprint density at radius 2 is 1.42 bits per heavy atom. The number of rotatable bonds is 17. The van der Waals surface area contributed by atoms with Gasteiger partial charge < -0.3 is 10.2 Å². The van der Waals surface area contributed by atoms with Gasteiger partial charge in [0.15, 0.2) is 0 Å². The molecule has 0 aromatic heterocycles. The van der Waals surface area contributed by atoms with E-state index < -0.39 is 18.1 Å². The van der Waals surface area contributed by atoms with Crippen molar-refractivity contribution >= 4 is 5.97 Å². The first-order chi connectivity index (χ1) is 11.5. The van der Waals surface area contributed by atoms with Crippen molar-refractivity contribution in [3.63, 3.8) is 0 Å². The molecule has 0 aliphatic carbocycles. The number of aliphatic carboxylic acids is 1. The second kappa shape index (κ2) is 15.4. The Labute approximate surface area is 145 Å². The van der Waals surface area contributed by atoms with Crippen molar-refractivity contribution in [1.82, 2.24) is 0 Å². The molecule has 0 saturated carbocycles. The van der Waals surface area contributed by atoms with Crippen LogP contribution in [0, 0.1) is 10.1 Å². The van der Waals surface area contributed by atoms with Gasteiger partial charge in [0.25, 0.3) is 0 Å². The molecular weight excluding hydrogens is 310 g/mol. The molecule has 2 N–H and O–H groups in total. The van der Waals surface area contributed by atoms with E-state index in [0.29, 0.717) is 12.8 Å². The number of carboxylic acid groups (broad SMARTS) is 1. The van der Waals surface area contributed by atoms with Crippen LogP contribution >= 0.6 is 0 Å². The summed E-state index contributed by atoms with van der Waals surface area (Å²) in [7, 11) is 0. The van der Waals surface area contributed by atoms with Gasteiger partial charge in [-0.25, -0.2) is 0 Å². The van der Waals surface area contributed by atoms with Crippen LogP contribution in [0.25, 0.3) is 0 Å². The summed E-state index contributed by atoms with van der Waals surface area (Å²) >= 11 is 0. The highest BCUT2D eigenvalue weighted by molar-refractivity contribution is 5.66. The van der Waals surface area contributed by atoms with Gasteiger partial charge in [-0.15, -0.1) is 0 Å². The molecule has 0 rings (SSSR count). The second-order valence-corrected chi connectivity index (χ2v) is 6.68. The molecule has 2 unspecified atom stereocenters. The first-order valence-corrected chi connectivity index (χ1v) is 9.52. The number of nitrogens with zero attached hydrogens (tertiary/aromatic N) is 1. The van der Waals surface area contributed by atoms with Gasteiger partial charge in [-0.05, 0) is 19.3 Å². The SMILES string of the molecule is CCCCCC(O)C(CCCCCCCCCCC(=O)O)[N+](=O)[O-]. The second-order valence-electron chi connectivity index (χ2n) is 6.68. The Balaban J connectivity index is 3.63. The third kappa shape index (κ3) is 13.3. The Hall–Kier alpha value is -1.17. The molecule has 0 fully saturated rings. The normalized spacial score (nSPS) is 13.6. The largest absolute Gasteiger partial charge is 0.481 e. The number of carbonyl (C=O) groups is 1. The van der Waals surface area contributed by atoms with Crippen molar-refractivity contribution in [2.75, 3.05) is 0 Å². The maximum Gasteiger partial charge on any atom is 0.303 e. The van der Waals surface area contributed by atoms with E-state index in [1.165, 1.54) is 0 Å². The first-order valence-electron chi connectivity index (χ1n) is 9.52. The zero-order valence-electron chi connectivity index (χ0n) is 15.1. The summed E-state index contributed by atoms with van der Waals surface area (Å²) in [6.07, 6.45) is 11.1. The summed E-state index contributed by atoms with van der Waals surface area (Å²) in [5.41, 5.74) is 0. The van der Waals surface area contributed by atoms with Crippen LogP contribution in [-0.2, 0) is 4.79 Å². The average Bonchev–Trinajstić information content (AvgIpc) is 2.52. The van der Waals surface area contributed by atoms with E-state index in [2.05, 4.69) is 6.92 Å². The van der Waals surface area contributed by atoms with E-state index >= 15 is 0 Å². The molecule has 142 valence electrons. The molecular formula is C18H35NO5. The monoisotopic (exact) mass is 345 g/mol. The van der Waals surface area contributed by atoms with Crippen molar-refractivity contribution in [1.29, 1.82) is 0 Å². The fourth-order valence-electron chi connectivity index (χ4n) is 2.92. The first kappa shape index (κ1) is 22.8. The summed E-state index contributed by atoms with van der Waals surface area (Å²) in [5, 5.41) is 29.6. The number of carboxylic acids is 1. The van der Waals surface area contributed by atoms with Crippen molar-refractivity contribution in [3.05, 3.63) is 10.1 Å². The lowest BCUT2D eigenvalue weighted by molar-refractivity contribution is -0.535. The molecule has 0 heterocycles. The molecule has 0 aliphatic rings. The fraction of sp³-hybridized carbons (Fsp3) is 0.944. The van der Waals surface area contributed by atoms with Gasteiger partial charge in [-0.1, -0.05) is 64.7 Å². The lowest BCUT2D eigenvalue weighted by atomic mass is 9.98. The Morgan fingerprint density at radius 1 is 0.917 bits per heavy atom. The minimum absolute atomic E-state index is 0.253. The highest BCUT2D eigenvalue weighted by Crippen LogP contribution is 2.16. The highest BCUT2D eigenvalue weighted by atomic mass is 16.6. The van der Waals surface area contributed by atoms with Crippen molar-refractivity contribution in [3.8, 4) is 0 Å². The quantitative estimate of drug-likeness (QED) is 0.229. The fourth-order valence-corrected chi connectivity index (χ4v) is 2.92. The van der Waals surface area contributed by atoms with Crippen LogP contribution < -0.4 is 0 Å². The van der Waals surface area contributed by atoms with Crippen molar-refractivity contribution in [2.45, 2.75) is 109 Å². The Bertz CT molecular complexity index is 335. The molecule has 0 aliphatic heterocycles. The molecule has 6 heteroatoms. The average molecular weight is 345 g/mol. The van der Waals surface area contributed by atoms with E-state index in [1.54, 1.807) is 0 Å². The predicted octanol–water partition coefficient (Wildman–Crippen LogP) is 4.56. The van der Waals surface area contributed by atoms with Gasteiger partial charge in [0.2, 0.25) is 6.04 Å². The number of hydrogen-bond acceptors (Lipinski definition) is 4. The summed E-state index contributed by atoms with van der Waals surface area (Å²) in [6.45, 7) is 2.07. The topological polar surface area (TPSA) is 101 Å². The maximum atomic E-state index is 11.1. The third-order valence-corrected chi connectivity index (χ3v) is 4.46. The minimum Gasteiger partial charge on any atom is -0.481 e. The van der Waals surface area contributed by atoms with E-state index in [0.717, 1.165) is 70.6 Å². The number of nitro groups is 1. The van der Waals surface area contributed by atoms with Crippen LogP contribution in [0.4, 0.5) is 0 Å². The standard InChI is InChI=1S/C18H35NO5/c1-2-3-10-14-17(20)16(19(23)24)13-11-8-6-4-5-7-9-12-15-18(21)22/h16-17,20H,2-15H2,1H3,(H,21,22). The van der Waals surface area contributed by atoms with E-state index in [9.17, 15) is 20.0 Å². The maximum absolute atomic E-state index is 11.1. The zero-order valence-corrected chi connectivity index (χ0v) is 15.1. The van der Waals surface area contributed by atoms with Gasteiger partial charge in [0.1, 0.15) is 6.10 Å². The van der Waals surface area contributed by atoms with E-state index in [-0.39, 0.29) is 11.3 Å². The van der Waals surface area contributed by atoms with Gasteiger partial charge in [0.05, 0.1) is 0 Å². The summed E-state index contributed by atoms with van der Waals surface area (Å²) in [5.74, 6) is -0.729. The van der Waals surface area contributed by atoms with Crippen LogP contribution in [0.3, 0.4) is 0 Å². The number of aliphatic hydroxyl groups is 1. The lowest BCUT2D eigenvalue weighted by Crippen LogP contribution is -2.33. The molecule has 2 atom stereocenters. The van der Waals surface area contributed by atoms with Crippen LogP contribution in [-0.4, -0.2) is 33.3 Å². The Kier molecular flexibility index (Phi) is 14.6. The van der Waals surface area contributed by atoms with Gasteiger partial charge in [0, 0.05) is 17.8 Å².